The summed E-state index contributed by atoms with van der Waals surface area (Å²) in [6, 6.07) is 5.99. The van der Waals surface area contributed by atoms with Crippen LogP contribution in [0.1, 0.15) is 0 Å². The number of benzene rings is 1. The molecule has 0 bridgehead atoms. The number of halogens is 3. The summed E-state index contributed by atoms with van der Waals surface area (Å²) in [5.74, 6) is 0.979. The second kappa shape index (κ2) is 6.16. The Morgan fingerprint density at radius 2 is 2.06 bits per heavy atom. The van der Waals surface area contributed by atoms with Crippen molar-refractivity contribution < 1.29 is 4.74 Å². The van der Waals surface area contributed by atoms with E-state index in [4.69, 9.17) is 4.74 Å². The number of nitrogens with zero attached hydrogens (tertiary/aromatic N) is 2. The zero-order valence-electron chi connectivity index (χ0n) is 9.25. The van der Waals surface area contributed by atoms with Gasteiger partial charge in [0, 0.05) is 8.04 Å². The predicted molar refractivity (Wildman–Crippen MR) is 86.4 cm³/mol. The lowest BCUT2D eigenvalue weighted by molar-refractivity contribution is 0.394. The van der Waals surface area contributed by atoms with Crippen LogP contribution in [0, 0.1) is 3.57 Å². The summed E-state index contributed by atoms with van der Waals surface area (Å²) in [5, 5.41) is 3.14. The molecule has 94 valence electrons. The summed E-state index contributed by atoms with van der Waals surface area (Å²) < 4.78 is 7.93. The van der Waals surface area contributed by atoms with E-state index in [2.05, 4.69) is 69.7 Å². The van der Waals surface area contributed by atoms with Gasteiger partial charge in [-0.2, -0.15) is 4.98 Å². The Labute approximate surface area is 135 Å². The molecule has 0 fully saturated rings. The molecule has 0 aliphatic carbocycles. The highest BCUT2D eigenvalue weighted by molar-refractivity contribution is 14.1. The SMILES string of the molecule is COc1nc(Nc2cc(I)ccc2Br)ncc1Br. The van der Waals surface area contributed by atoms with Crippen LogP contribution in [0.4, 0.5) is 11.6 Å². The summed E-state index contributed by atoms with van der Waals surface area (Å²) in [5.41, 5.74) is 0.909. The largest absolute Gasteiger partial charge is 0.480 e. The molecule has 0 saturated heterocycles. The van der Waals surface area contributed by atoms with Crippen LogP contribution in [-0.4, -0.2) is 17.1 Å². The smallest absolute Gasteiger partial charge is 0.232 e. The summed E-state index contributed by atoms with van der Waals surface area (Å²) in [6.45, 7) is 0. The molecule has 1 heterocycles. The minimum atomic E-state index is 0.484. The molecular formula is C11H8Br2IN3O. The Kier molecular flexibility index (Phi) is 4.79. The number of methoxy groups -OCH3 is 1. The van der Waals surface area contributed by atoms with Crippen LogP contribution in [0.25, 0.3) is 0 Å². The number of ether oxygens (including phenoxy) is 1. The van der Waals surface area contributed by atoms with Gasteiger partial charge in [0.25, 0.3) is 0 Å². The van der Waals surface area contributed by atoms with Crippen LogP contribution in [0.15, 0.2) is 33.3 Å². The lowest BCUT2D eigenvalue weighted by atomic mass is 10.3. The molecule has 18 heavy (non-hydrogen) atoms. The quantitative estimate of drug-likeness (QED) is 0.658. The van der Waals surface area contributed by atoms with Crippen molar-refractivity contribution in [2.24, 2.45) is 0 Å². The molecular weight excluding hydrogens is 477 g/mol. The fourth-order valence-electron chi connectivity index (χ4n) is 1.27. The van der Waals surface area contributed by atoms with Gasteiger partial charge in [-0.15, -0.1) is 0 Å². The fourth-order valence-corrected chi connectivity index (χ4v) is 2.46. The fraction of sp³-hybridized carbons (Fsp3) is 0.0909. The van der Waals surface area contributed by atoms with Gasteiger partial charge in [0.2, 0.25) is 11.8 Å². The number of nitrogens with one attached hydrogen (secondary N) is 1. The van der Waals surface area contributed by atoms with Crippen LogP contribution < -0.4 is 10.1 Å². The van der Waals surface area contributed by atoms with Gasteiger partial charge in [0.15, 0.2) is 0 Å². The Morgan fingerprint density at radius 1 is 1.28 bits per heavy atom. The van der Waals surface area contributed by atoms with E-state index in [1.807, 2.05) is 18.2 Å². The van der Waals surface area contributed by atoms with E-state index < -0.39 is 0 Å². The van der Waals surface area contributed by atoms with Crippen LogP contribution in [-0.2, 0) is 0 Å². The Morgan fingerprint density at radius 3 is 2.78 bits per heavy atom. The highest BCUT2D eigenvalue weighted by Crippen LogP contribution is 2.28. The zero-order valence-corrected chi connectivity index (χ0v) is 14.6. The molecule has 1 N–H and O–H groups in total. The third kappa shape index (κ3) is 3.33. The van der Waals surface area contributed by atoms with Gasteiger partial charge in [-0.05, 0) is 72.6 Å². The first-order valence-corrected chi connectivity index (χ1v) is 7.55. The Bertz CT molecular complexity index is 580. The van der Waals surface area contributed by atoms with Gasteiger partial charge in [0.1, 0.15) is 0 Å². The van der Waals surface area contributed by atoms with E-state index in [1.165, 1.54) is 0 Å². The van der Waals surface area contributed by atoms with Crippen molar-refractivity contribution in [1.29, 1.82) is 0 Å². The van der Waals surface area contributed by atoms with Crippen molar-refractivity contribution in [3.8, 4) is 5.88 Å². The number of anilines is 2. The van der Waals surface area contributed by atoms with E-state index in [0.29, 0.717) is 11.8 Å². The third-order valence-electron chi connectivity index (χ3n) is 2.08. The topological polar surface area (TPSA) is 47.0 Å². The van der Waals surface area contributed by atoms with Crippen LogP contribution in [0.2, 0.25) is 0 Å². The van der Waals surface area contributed by atoms with Gasteiger partial charge in [-0.1, -0.05) is 0 Å². The second-order valence-corrected chi connectivity index (χ2v) is 6.25. The second-order valence-electron chi connectivity index (χ2n) is 3.30. The number of rotatable bonds is 3. The third-order valence-corrected chi connectivity index (χ3v) is 3.99. The molecule has 0 spiro atoms. The maximum Gasteiger partial charge on any atom is 0.232 e. The zero-order chi connectivity index (χ0) is 13.1. The molecule has 0 unspecified atom stereocenters. The highest BCUT2D eigenvalue weighted by atomic mass is 127. The van der Waals surface area contributed by atoms with E-state index >= 15 is 0 Å². The monoisotopic (exact) mass is 483 g/mol. The molecule has 1 aromatic heterocycles. The van der Waals surface area contributed by atoms with Crippen molar-refractivity contribution in [2.75, 3.05) is 12.4 Å². The molecule has 2 rings (SSSR count). The summed E-state index contributed by atoms with van der Waals surface area (Å²) in [6.07, 6.45) is 1.65. The molecule has 0 radical (unpaired) electrons. The molecule has 0 atom stereocenters. The van der Waals surface area contributed by atoms with Crippen LogP contribution >= 0.6 is 54.5 Å². The minimum Gasteiger partial charge on any atom is -0.480 e. The number of hydrogen-bond donors (Lipinski definition) is 1. The molecule has 0 amide bonds. The van der Waals surface area contributed by atoms with Crippen molar-refractivity contribution in [2.45, 2.75) is 0 Å². The van der Waals surface area contributed by atoms with Gasteiger partial charge in [0.05, 0.1) is 23.5 Å². The standard InChI is InChI=1S/C11H8Br2IN3O/c1-18-10-8(13)5-15-11(17-10)16-9-4-6(14)2-3-7(9)12/h2-5H,1H3,(H,15,16,17). The maximum absolute atomic E-state index is 5.13. The molecule has 0 saturated carbocycles. The van der Waals surface area contributed by atoms with Crippen molar-refractivity contribution in [1.82, 2.24) is 9.97 Å². The van der Waals surface area contributed by atoms with E-state index in [-0.39, 0.29) is 0 Å². The lowest BCUT2D eigenvalue weighted by Gasteiger charge is -2.09. The van der Waals surface area contributed by atoms with E-state index in [9.17, 15) is 0 Å². The average molecular weight is 485 g/mol. The lowest BCUT2D eigenvalue weighted by Crippen LogP contribution is -2.00. The molecule has 2 aromatic rings. The first-order chi connectivity index (χ1) is 8.60. The Hall–Kier alpha value is -0.410. The molecule has 0 aliphatic heterocycles. The van der Waals surface area contributed by atoms with Crippen molar-refractivity contribution in [3.05, 3.63) is 36.9 Å². The van der Waals surface area contributed by atoms with Gasteiger partial charge < -0.3 is 10.1 Å². The van der Waals surface area contributed by atoms with Crippen LogP contribution in [0.5, 0.6) is 5.88 Å². The average Bonchev–Trinajstić information content (AvgIpc) is 2.36. The van der Waals surface area contributed by atoms with E-state index in [1.54, 1.807) is 13.3 Å². The minimum absolute atomic E-state index is 0.484. The van der Waals surface area contributed by atoms with Crippen molar-refractivity contribution >= 4 is 66.1 Å². The first-order valence-electron chi connectivity index (χ1n) is 4.89. The van der Waals surface area contributed by atoms with Crippen LogP contribution in [0.3, 0.4) is 0 Å². The molecule has 0 aliphatic rings. The summed E-state index contributed by atoms with van der Waals surface area (Å²) in [7, 11) is 1.57. The van der Waals surface area contributed by atoms with Gasteiger partial charge in [-0.3, -0.25) is 0 Å². The highest BCUT2D eigenvalue weighted by Gasteiger charge is 2.07. The maximum atomic E-state index is 5.13. The number of aromatic nitrogens is 2. The summed E-state index contributed by atoms with van der Waals surface area (Å²) in [4.78, 5) is 8.42. The molecule has 1 aromatic carbocycles. The van der Waals surface area contributed by atoms with Gasteiger partial charge in [-0.25, -0.2) is 4.98 Å². The molecule has 4 nitrogen and oxygen atoms in total. The van der Waals surface area contributed by atoms with Crippen molar-refractivity contribution in [3.63, 3.8) is 0 Å². The summed E-state index contributed by atoms with van der Waals surface area (Å²) >= 11 is 9.04. The molecule has 7 heteroatoms. The first kappa shape index (κ1) is 14.0. The Balaban J connectivity index is 2.31. The van der Waals surface area contributed by atoms with Gasteiger partial charge >= 0.3 is 0 Å². The van der Waals surface area contributed by atoms with E-state index in [0.717, 1.165) is 18.2 Å². The number of hydrogen-bond acceptors (Lipinski definition) is 4. The normalized spacial score (nSPS) is 10.2. The predicted octanol–water partition coefficient (Wildman–Crippen LogP) is 4.36.